The van der Waals surface area contributed by atoms with Crippen LogP contribution in [-0.4, -0.2) is 37.5 Å². The number of ether oxygens (including phenoxy) is 1. The Morgan fingerprint density at radius 1 is 1.24 bits per heavy atom. The summed E-state index contributed by atoms with van der Waals surface area (Å²) in [6.07, 6.45) is 3.85. The van der Waals surface area contributed by atoms with Gasteiger partial charge in [0, 0.05) is 18.5 Å². The van der Waals surface area contributed by atoms with Crippen LogP contribution in [0, 0.1) is 5.92 Å². The van der Waals surface area contributed by atoms with Crippen LogP contribution < -0.4 is 5.32 Å². The van der Waals surface area contributed by atoms with Crippen LogP contribution in [0.5, 0.6) is 0 Å². The minimum Gasteiger partial charge on any atom is -0.444 e. The largest absolute Gasteiger partial charge is 0.444 e. The zero-order chi connectivity index (χ0) is 21.7. The maximum absolute atomic E-state index is 14.8. The molecule has 1 saturated carbocycles. The number of alkyl carbamates (subject to hydrolysis) is 1. The van der Waals surface area contributed by atoms with Crippen molar-refractivity contribution in [3.8, 4) is 0 Å². The molecule has 29 heavy (non-hydrogen) atoms. The summed E-state index contributed by atoms with van der Waals surface area (Å²) in [7, 11) is -3.56. The molecule has 0 bridgehead atoms. The topological polar surface area (TPSA) is 92.7 Å². The third-order valence-corrected chi connectivity index (χ3v) is 6.82. The quantitative estimate of drug-likeness (QED) is 0.682. The second kappa shape index (κ2) is 9.43. The van der Waals surface area contributed by atoms with Gasteiger partial charge in [-0.25, -0.2) is 17.6 Å². The van der Waals surface area contributed by atoms with Crippen LogP contribution in [0.25, 0.3) is 0 Å². The summed E-state index contributed by atoms with van der Waals surface area (Å²) < 4.78 is 45.3. The standard InChI is InChI=1S/C21H32FNO5S/c1-20(2,3)28-19(24)23-13-12-21(22,25)17-10-7-11-18(14-17)29(26,27)15-16-8-5-4-6-9-16/h7,10-11,14,16,25H,4-6,8-9,12-13,15H2,1-3H3,(H,23,24). The fraction of sp³-hybridized carbons (Fsp3) is 0.667. The SMILES string of the molecule is CC(C)(C)OC(=O)NCCC(O)(F)c1cccc(S(=O)(=O)CC2CCCCC2)c1. The molecule has 1 aromatic rings. The second-order valence-corrected chi connectivity index (χ2v) is 10.8. The van der Waals surface area contributed by atoms with Gasteiger partial charge in [-0.15, -0.1) is 0 Å². The number of halogens is 1. The molecule has 1 atom stereocenters. The molecule has 0 radical (unpaired) electrons. The van der Waals surface area contributed by atoms with Crippen LogP contribution in [-0.2, 0) is 20.4 Å². The maximum Gasteiger partial charge on any atom is 0.407 e. The van der Waals surface area contributed by atoms with E-state index < -0.39 is 33.8 Å². The average molecular weight is 430 g/mol. The molecule has 2 N–H and O–H groups in total. The first kappa shape index (κ1) is 23.6. The lowest BCUT2D eigenvalue weighted by Crippen LogP contribution is -2.35. The van der Waals surface area contributed by atoms with E-state index in [2.05, 4.69) is 5.32 Å². The van der Waals surface area contributed by atoms with Crippen LogP contribution in [0.2, 0.25) is 0 Å². The molecular formula is C21H32FNO5S. The van der Waals surface area contributed by atoms with Crippen LogP contribution in [0.3, 0.4) is 0 Å². The lowest BCUT2D eigenvalue weighted by Gasteiger charge is -2.23. The van der Waals surface area contributed by atoms with Crippen molar-refractivity contribution in [1.82, 2.24) is 5.32 Å². The van der Waals surface area contributed by atoms with Gasteiger partial charge in [-0.1, -0.05) is 31.4 Å². The Hall–Kier alpha value is -1.67. The van der Waals surface area contributed by atoms with E-state index in [1.54, 1.807) is 20.8 Å². The van der Waals surface area contributed by atoms with E-state index in [-0.39, 0.29) is 28.7 Å². The fourth-order valence-corrected chi connectivity index (χ4v) is 5.22. The van der Waals surface area contributed by atoms with Crippen molar-refractivity contribution >= 4 is 15.9 Å². The zero-order valence-corrected chi connectivity index (χ0v) is 18.2. The van der Waals surface area contributed by atoms with Crippen molar-refractivity contribution in [2.75, 3.05) is 12.3 Å². The summed E-state index contributed by atoms with van der Waals surface area (Å²) in [5, 5.41) is 12.6. The van der Waals surface area contributed by atoms with Gasteiger partial charge in [0.05, 0.1) is 10.6 Å². The Morgan fingerprint density at radius 3 is 2.52 bits per heavy atom. The monoisotopic (exact) mass is 429 g/mol. The molecule has 0 heterocycles. The molecule has 0 aliphatic heterocycles. The molecule has 6 nitrogen and oxygen atoms in total. The number of nitrogens with one attached hydrogen (secondary N) is 1. The fourth-order valence-electron chi connectivity index (χ4n) is 3.48. The van der Waals surface area contributed by atoms with Crippen molar-refractivity contribution < 1.29 is 27.4 Å². The van der Waals surface area contributed by atoms with Gasteiger partial charge in [-0.05, 0) is 51.7 Å². The second-order valence-electron chi connectivity index (χ2n) is 8.75. The molecular weight excluding hydrogens is 397 g/mol. The summed E-state index contributed by atoms with van der Waals surface area (Å²) in [4.78, 5) is 11.6. The average Bonchev–Trinajstić information content (AvgIpc) is 2.60. The number of amides is 1. The molecule has 0 saturated heterocycles. The number of rotatable bonds is 7. The lowest BCUT2D eigenvalue weighted by atomic mass is 9.91. The third-order valence-electron chi connectivity index (χ3n) is 4.94. The van der Waals surface area contributed by atoms with E-state index in [0.29, 0.717) is 0 Å². The summed E-state index contributed by atoms with van der Waals surface area (Å²) >= 11 is 0. The number of hydrogen-bond acceptors (Lipinski definition) is 5. The lowest BCUT2D eigenvalue weighted by molar-refractivity contribution is -0.101. The molecule has 8 heteroatoms. The number of benzene rings is 1. The first-order chi connectivity index (χ1) is 13.4. The number of carbonyl (C=O) groups excluding carboxylic acids is 1. The third kappa shape index (κ3) is 7.59. The summed E-state index contributed by atoms with van der Waals surface area (Å²) in [5.41, 5.74) is -0.829. The highest BCUT2D eigenvalue weighted by molar-refractivity contribution is 7.91. The van der Waals surface area contributed by atoms with Crippen molar-refractivity contribution in [3.63, 3.8) is 0 Å². The van der Waals surface area contributed by atoms with Crippen LogP contribution in [0.4, 0.5) is 9.18 Å². The minimum absolute atomic E-state index is 0.0109. The summed E-state index contributed by atoms with van der Waals surface area (Å²) in [6.45, 7) is 4.95. The summed E-state index contributed by atoms with van der Waals surface area (Å²) in [5.74, 6) is -2.60. The predicted molar refractivity (Wildman–Crippen MR) is 109 cm³/mol. The van der Waals surface area contributed by atoms with E-state index in [1.165, 1.54) is 24.3 Å². The molecule has 0 aromatic heterocycles. The molecule has 0 spiro atoms. The van der Waals surface area contributed by atoms with Gasteiger partial charge in [-0.2, -0.15) is 0 Å². The van der Waals surface area contributed by atoms with Crippen molar-refractivity contribution in [3.05, 3.63) is 29.8 Å². The van der Waals surface area contributed by atoms with E-state index in [9.17, 15) is 22.7 Å². The molecule has 1 unspecified atom stereocenters. The smallest absolute Gasteiger partial charge is 0.407 e. The van der Waals surface area contributed by atoms with Crippen molar-refractivity contribution in [1.29, 1.82) is 0 Å². The molecule has 164 valence electrons. The number of alkyl halides is 1. The molecule has 1 amide bonds. The van der Waals surface area contributed by atoms with Crippen LogP contribution in [0.1, 0.15) is 64.9 Å². The van der Waals surface area contributed by atoms with Crippen molar-refractivity contribution in [2.45, 2.75) is 75.6 Å². The van der Waals surface area contributed by atoms with E-state index in [4.69, 9.17) is 4.74 Å². The maximum atomic E-state index is 14.8. The number of sulfone groups is 1. The van der Waals surface area contributed by atoms with Crippen LogP contribution >= 0.6 is 0 Å². The minimum atomic E-state index is -3.56. The highest BCUT2D eigenvalue weighted by Crippen LogP contribution is 2.31. The van der Waals surface area contributed by atoms with Gasteiger partial charge >= 0.3 is 6.09 Å². The van der Waals surface area contributed by atoms with E-state index in [1.807, 2.05) is 0 Å². The van der Waals surface area contributed by atoms with Gasteiger partial charge in [0.25, 0.3) is 0 Å². The van der Waals surface area contributed by atoms with Gasteiger partial charge in [0.2, 0.25) is 5.85 Å². The Bertz CT molecular complexity index is 796. The normalized spacial score (nSPS) is 18.1. The highest BCUT2D eigenvalue weighted by atomic mass is 32.2. The summed E-state index contributed by atoms with van der Waals surface area (Å²) in [6, 6.07) is 5.38. The van der Waals surface area contributed by atoms with Gasteiger partial charge < -0.3 is 15.2 Å². The van der Waals surface area contributed by atoms with Crippen LogP contribution in [0.15, 0.2) is 29.2 Å². The Labute approximate surface area is 172 Å². The number of aliphatic hydroxyl groups is 1. The number of carbonyl (C=O) groups is 1. The van der Waals surface area contributed by atoms with Crippen molar-refractivity contribution in [2.24, 2.45) is 5.92 Å². The molecule has 1 aliphatic carbocycles. The Kier molecular flexibility index (Phi) is 7.67. The van der Waals surface area contributed by atoms with Gasteiger partial charge in [0.1, 0.15) is 5.60 Å². The number of hydrogen-bond donors (Lipinski definition) is 2. The Morgan fingerprint density at radius 2 is 1.90 bits per heavy atom. The predicted octanol–water partition coefficient (Wildman–Crippen LogP) is 4.07. The Balaban J connectivity index is 2.01. The highest BCUT2D eigenvalue weighted by Gasteiger charge is 2.31. The first-order valence-electron chi connectivity index (χ1n) is 10.1. The van der Waals surface area contributed by atoms with E-state index >= 15 is 0 Å². The van der Waals surface area contributed by atoms with E-state index in [0.717, 1.165) is 32.1 Å². The first-order valence-corrected chi connectivity index (χ1v) is 11.8. The van der Waals surface area contributed by atoms with Gasteiger partial charge in [-0.3, -0.25) is 0 Å². The van der Waals surface area contributed by atoms with Gasteiger partial charge in [0.15, 0.2) is 9.84 Å². The molecule has 1 fully saturated rings. The molecule has 1 aliphatic rings. The molecule has 2 rings (SSSR count). The molecule has 1 aromatic carbocycles. The zero-order valence-electron chi connectivity index (χ0n) is 17.4.